The van der Waals surface area contributed by atoms with E-state index >= 15 is 0 Å². The molecular weight excluding hydrogens is 644 g/mol. The minimum atomic E-state index is -4.55. The van der Waals surface area contributed by atoms with Gasteiger partial charge in [0.1, 0.15) is 5.02 Å². The number of aromatic nitrogens is 4. The lowest BCUT2D eigenvalue weighted by molar-refractivity contribution is -0.138. The van der Waals surface area contributed by atoms with Gasteiger partial charge in [-0.25, -0.2) is 0 Å². The van der Waals surface area contributed by atoms with Crippen molar-refractivity contribution in [2.45, 2.75) is 26.2 Å². The fraction of sp³-hybridized carbons (Fsp3) is 0.182. The Labute approximate surface area is 241 Å². The van der Waals surface area contributed by atoms with Crippen LogP contribution in [0.2, 0.25) is 25.1 Å². The second-order valence-electron chi connectivity index (χ2n) is 7.59. The highest BCUT2D eigenvalue weighted by atomic mass is 35.5. The molecule has 4 aromatic rings. The van der Waals surface area contributed by atoms with Gasteiger partial charge in [-0.1, -0.05) is 58.0 Å². The number of hydrogen-bond donors (Lipinski definition) is 2. The van der Waals surface area contributed by atoms with E-state index in [0.29, 0.717) is 5.69 Å². The van der Waals surface area contributed by atoms with Crippen LogP contribution < -0.4 is 9.47 Å². The second kappa shape index (κ2) is 11.9. The maximum Gasteiger partial charge on any atom is 0.416 e. The van der Waals surface area contributed by atoms with Gasteiger partial charge in [0.15, 0.2) is 11.5 Å². The number of halogens is 11. The highest BCUT2D eigenvalue weighted by Crippen LogP contribution is 2.43. The van der Waals surface area contributed by atoms with Crippen LogP contribution in [0.1, 0.15) is 22.5 Å². The van der Waals surface area contributed by atoms with E-state index in [1.165, 1.54) is 0 Å². The molecule has 0 unspecified atom stereocenters. The third-order valence-electron chi connectivity index (χ3n) is 4.58. The zero-order valence-electron chi connectivity index (χ0n) is 19.3. The van der Waals surface area contributed by atoms with Gasteiger partial charge in [-0.15, -0.1) is 10.2 Å². The quantitative estimate of drug-likeness (QED) is 0.214. The molecule has 0 spiro atoms. The molecule has 0 aliphatic rings. The molecule has 0 fully saturated rings. The molecule has 4 rings (SSSR count). The first-order valence-corrected chi connectivity index (χ1v) is 12.1. The van der Waals surface area contributed by atoms with E-state index in [9.17, 15) is 26.3 Å². The average molecular weight is 657 g/mol. The van der Waals surface area contributed by atoms with Crippen molar-refractivity contribution in [3.63, 3.8) is 0 Å². The van der Waals surface area contributed by atoms with Crippen molar-refractivity contribution in [1.82, 2.24) is 20.4 Å². The van der Waals surface area contributed by atoms with Gasteiger partial charge in [-0.2, -0.15) is 26.3 Å². The number of benzene rings is 2. The molecular formula is C22H13Cl5F6N4O2. The summed E-state index contributed by atoms with van der Waals surface area (Å²) in [6.45, 7) is 3.40. The summed E-state index contributed by atoms with van der Waals surface area (Å²) in [7, 11) is 0. The molecule has 6 nitrogen and oxygen atoms in total. The Morgan fingerprint density at radius 1 is 0.641 bits per heavy atom. The van der Waals surface area contributed by atoms with Gasteiger partial charge in [0.25, 0.3) is 5.88 Å². The Morgan fingerprint density at radius 3 is 1.41 bits per heavy atom. The normalized spacial score (nSPS) is 11.7. The molecule has 2 aromatic carbocycles. The topological polar surface area (TPSA) is 75.8 Å². The van der Waals surface area contributed by atoms with Crippen LogP contribution in [0.4, 0.5) is 26.3 Å². The minimum absolute atomic E-state index is 0.0206. The van der Waals surface area contributed by atoms with Crippen LogP contribution in [-0.2, 0) is 12.4 Å². The molecule has 0 aliphatic heterocycles. The molecule has 0 saturated carbocycles. The Balaban J connectivity index is 0.000000216. The van der Waals surface area contributed by atoms with Crippen molar-refractivity contribution in [3.05, 3.63) is 78.0 Å². The van der Waals surface area contributed by atoms with Crippen LogP contribution in [-0.4, -0.2) is 20.4 Å². The molecule has 0 atom stereocenters. The van der Waals surface area contributed by atoms with Crippen LogP contribution in [0, 0.1) is 13.8 Å². The third kappa shape index (κ3) is 7.79. The van der Waals surface area contributed by atoms with Crippen molar-refractivity contribution >= 4 is 58.0 Å². The Hall–Kier alpha value is -2.51. The van der Waals surface area contributed by atoms with E-state index < -0.39 is 23.5 Å². The van der Waals surface area contributed by atoms with Gasteiger partial charge >= 0.3 is 12.4 Å². The second-order valence-corrected chi connectivity index (χ2v) is 9.60. The molecule has 39 heavy (non-hydrogen) atoms. The maximum absolute atomic E-state index is 12.6. The van der Waals surface area contributed by atoms with Crippen molar-refractivity contribution in [1.29, 1.82) is 0 Å². The molecule has 0 aliphatic carbocycles. The summed E-state index contributed by atoms with van der Waals surface area (Å²) in [5, 5.41) is 11.8. The summed E-state index contributed by atoms with van der Waals surface area (Å²) >= 11 is 28.9. The first kappa shape index (κ1) is 31.0. The zero-order valence-corrected chi connectivity index (χ0v) is 23.0. The number of H-pyrrole nitrogens is 2. The summed E-state index contributed by atoms with van der Waals surface area (Å²) < 4.78 is 85.8. The van der Waals surface area contributed by atoms with Crippen molar-refractivity contribution < 1.29 is 35.8 Å². The van der Waals surface area contributed by atoms with Crippen LogP contribution >= 0.6 is 58.0 Å². The van der Waals surface area contributed by atoms with Crippen LogP contribution in [0.5, 0.6) is 23.3 Å². The number of ether oxygens (including phenoxy) is 2. The molecule has 0 saturated heterocycles. The van der Waals surface area contributed by atoms with E-state index in [1.54, 1.807) is 19.9 Å². The molecule has 0 radical (unpaired) electrons. The summed E-state index contributed by atoms with van der Waals surface area (Å²) in [6.07, 6.45) is -9.07. The van der Waals surface area contributed by atoms with Crippen molar-refractivity contribution in [2.75, 3.05) is 0 Å². The lowest BCUT2D eigenvalue weighted by Gasteiger charge is -2.12. The minimum Gasteiger partial charge on any atom is -0.434 e. The number of rotatable bonds is 4. The lowest BCUT2D eigenvalue weighted by atomic mass is 10.2. The highest BCUT2D eigenvalue weighted by Gasteiger charge is 2.33. The van der Waals surface area contributed by atoms with Gasteiger partial charge in [0, 0.05) is 11.8 Å². The van der Waals surface area contributed by atoms with Crippen molar-refractivity contribution in [3.8, 4) is 23.3 Å². The van der Waals surface area contributed by atoms with Gasteiger partial charge in [-0.05, 0) is 38.1 Å². The molecule has 17 heteroatoms. The standard InChI is InChI=1S/C11H6Cl3F3N2O.C11H7Cl2F3N2O/c1-4-8(14)10(19-18-4)20-9-6(12)2-5(3-7(9)13)11(15,16)17;1-5-2-9(18-17-5)19-10-7(12)3-6(4-8(10)13)11(14,15)16/h2-3H,1H3,(H,18,19);2-4H,1H3,(H,17,18). The molecule has 2 heterocycles. The van der Waals surface area contributed by atoms with E-state index in [1.807, 2.05) is 0 Å². The maximum atomic E-state index is 12.6. The largest absolute Gasteiger partial charge is 0.434 e. The number of nitrogens with zero attached hydrogens (tertiary/aromatic N) is 2. The number of alkyl halides is 6. The number of aryl methyl sites for hydroxylation is 2. The summed E-state index contributed by atoms with van der Waals surface area (Å²) in [5.41, 5.74) is -0.632. The molecule has 2 aromatic heterocycles. The van der Waals surface area contributed by atoms with Gasteiger partial charge in [-0.3, -0.25) is 10.2 Å². The van der Waals surface area contributed by atoms with Crippen LogP contribution in [0.15, 0.2) is 30.3 Å². The number of hydrogen-bond acceptors (Lipinski definition) is 4. The number of aromatic amines is 2. The van der Waals surface area contributed by atoms with Gasteiger partial charge in [0.05, 0.1) is 36.9 Å². The van der Waals surface area contributed by atoms with E-state index in [0.717, 1.165) is 30.0 Å². The fourth-order valence-electron chi connectivity index (χ4n) is 2.75. The van der Waals surface area contributed by atoms with E-state index in [2.05, 4.69) is 20.4 Å². The first-order valence-electron chi connectivity index (χ1n) is 10.2. The first-order chi connectivity index (χ1) is 18.0. The molecule has 0 amide bonds. The number of nitrogens with one attached hydrogen (secondary N) is 2. The highest BCUT2D eigenvalue weighted by molar-refractivity contribution is 6.38. The van der Waals surface area contributed by atoms with E-state index in [4.69, 9.17) is 67.5 Å². The van der Waals surface area contributed by atoms with Crippen molar-refractivity contribution in [2.24, 2.45) is 0 Å². The SMILES string of the molecule is Cc1[nH]nc(Oc2c(Cl)cc(C(F)(F)F)cc2Cl)c1Cl.Cc1cc(Oc2c(Cl)cc(C(F)(F)F)cc2Cl)n[nH]1. The molecule has 0 bridgehead atoms. The van der Waals surface area contributed by atoms with Crippen LogP contribution in [0.25, 0.3) is 0 Å². The van der Waals surface area contributed by atoms with Crippen LogP contribution in [0.3, 0.4) is 0 Å². The predicted octanol–water partition coefficient (Wildman–Crippen LogP) is 10.3. The Kier molecular flexibility index (Phi) is 9.49. The summed E-state index contributed by atoms with van der Waals surface area (Å²) in [5.74, 6) is -0.0636. The summed E-state index contributed by atoms with van der Waals surface area (Å²) in [6, 6.07) is 4.50. The lowest BCUT2D eigenvalue weighted by Crippen LogP contribution is -2.05. The summed E-state index contributed by atoms with van der Waals surface area (Å²) in [4.78, 5) is 0. The zero-order chi connectivity index (χ0) is 29.3. The smallest absolute Gasteiger partial charge is 0.416 e. The Morgan fingerprint density at radius 2 is 1.08 bits per heavy atom. The Bertz CT molecular complexity index is 1440. The molecule has 2 N–H and O–H groups in total. The van der Waals surface area contributed by atoms with E-state index in [-0.39, 0.29) is 48.4 Å². The van der Waals surface area contributed by atoms with Gasteiger partial charge < -0.3 is 9.47 Å². The fourth-order valence-corrected chi connectivity index (χ4v) is 4.00. The predicted molar refractivity (Wildman–Crippen MR) is 135 cm³/mol. The van der Waals surface area contributed by atoms with Gasteiger partial charge in [0.2, 0.25) is 5.88 Å². The molecule has 210 valence electrons. The monoisotopic (exact) mass is 654 g/mol. The average Bonchev–Trinajstić information content (AvgIpc) is 3.37. The third-order valence-corrected chi connectivity index (χ3v) is 6.15.